The highest BCUT2D eigenvalue weighted by Gasteiger charge is 2.18. The Hall–Kier alpha value is -4.12. The zero-order chi connectivity index (χ0) is 24.6. The number of H-pyrrole nitrogens is 1. The van der Waals surface area contributed by atoms with E-state index in [1.165, 1.54) is 6.08 Å². The number of fused-ring (bicyclic) bond motifs is 1. The Morgan fingerprint density at radius 1 is 1.03 bits per heavy atom. The fourth-order valence-electron chi connectivity index (χ4n) is 4.11. The van der Waals surface area contributed by atoms with Crippen molar-refractivity contribution in [2.24, 2.45) is 0 Å². The molecule has 3 aromatic carbocycles. The number of nitrogens with zero attached hydrogens (tertiary/aromatic N) is 1. The van der Waals surface area contributed by atoms with Gasteiger partial charge in [0.25, 0.3) is 0 Å². The largest absolute Gasteiger partial charge is 0.494 e. The Balaban J connectivity index is 1.88. The maximum atomic E-state index is 12.1. The van der Waals surface area contributed by atoms with E-state index in [2.05, 4.69) is 54.9 Å². The lowest BCUT2D eigenvalue weighted by Gasteiger charge is -2.19. The van der Waals surface area contributed by atoms with E-state index < -0.39 is 5.97 Å². The number of para-hydroxylation sites is 1. The van der Waals surface area contributed by atoms with Crippen molar-refractivity contribution in [3.63, 3.8) is 0 Å². The molecule has 4 rings (SSSR count). The third-order valence-corrected chi connectivity index (χ3v) is 5.89. The second-order valence-electron chi connectivity index (χ2n) is 8.23. The van der Waals surface area contributed by atoms with Gasteiger partial charge in [-0.1, -0.05) is 63.2 Å². The first-order chi connectivity index (χ1) is 17.1. The molecule has 4 aromatic rings. The number of aromatic nitrogens is 2. The van der Waals surface area contributed by atoms with E-state index in [4.69, 9.17) is 9.47 Å². The Morgan fingerprint density at radius 3 is 2.54 bits per heavy atom. The standard InChI is InChI=1S/C30H30N2O3/c1-4-7-18-34-24-15-12-21(13-16-24)25(5-2)30(22-14-17-27-23(19-22)20-31-32-27)26-10-8-9-11-28(26)35-29(33)6-3/h6,8-17,19-20H,3-5,7,18H2,1-2H3,(H,31,32)/b30-25+. The van der Waals surface area contributed by atoms with Gasteiger partial charge in [0.2, 0.25) is 0 Å². The molecule has 1 N–H and O–H groups in total. The van der Waals surface area contributed by atoms with Gasteiger partial charge in [-0.05, 0) is 65.4 Å². The molecule has 0 saturated carbocycles. The lowest BCUT2D eigenvalue weighted by Crippen LogP contribution is -2.06. The maximum Gasteiger partial charge on any atom is 0.335 e. The molecule has 0 saturated heterocycles. The van der Waals surface area contributed by atoms with Crippen LogP contribution in [0.5, 0.6) is 11.5 Å². The minimum atomic E-state index is -0.492. The van der Waals surface area contributed by atoms with Gasteiger partial charge in [0.15, 0.2) is 0 Å². The van der Waals surface area contributed by atoms with Crippen LogP contribution in [0.4, 0.5) is 0 Å². The first-order valence-corrected chi connectivity index (χ1v) is 12.0. The molecule has 1 aromatic heterocycles. The van der Waals surface area contributed by atoms with Gasteiger partial charge >= 0.3 is 5.97 Å². The number of benzene rings is 3. The number of rotatable bonds is 10. The Kier molecular flexibility index (Phi) is 7.78. The molecule has 0 aliphatic carbocycles. The van der Waals surface area contributed by atoms with Crippen molar-refractivity contribution in [1.82, 2.24) is 10.2 Å². The van der Waals surface area contributed by atoms with Crippen LogP contribution < -0.4 is 9.47 Å². The molecule has 0 atom stereocenters. The SMILES string of the molecule is C=CC(=O)Oc1ccccc1/C(=C(\CC)c1ccc(OCCCC)cc1)c1ccc2[nH]ncc2c1. The summed E-state index contributed by atoms with van der Waals surface area (Å²) in [7, 11) is 0. The van der Waals surface area contributed by atoms with Gasteiger partial charge in [-0.2, -0.15) is 5.10 Å². The summed E-state index contributed by atoms with van der Waals surface area (Å²) in [5.74, 6) is 0.859. The van der Waals surface area contributed by atoms with E-state index in [-0.39, 0.29) is 0 Å². The van der Waals surface area contributed by atoms with Crippen molar-refractivity contribution in [2.75, 3.05) is 6.61 Å². The molecule has 0 unspecified atom stereocenters. The molecule has 5 heteroatoms. The molecule has 178 valence electrons. The van der Waals surface area contributed by atoms with E-state index in [0.29, 0.717) is 12.4 Å². The van der Waals surface area contributed by atoms with Gasteiger partial charge < -0.3 is 9.47 Å². The van der Waals surface area contributed by atoms with Gasteiger partial charge in [-0.25, -0.2) is 4.79 Å². The molecule has 0 bridgehead atoms. The van der Waals surface area contributed by atoms with E-state index in [9.17, 15) is 4.79 Å². The van der Waals surface area contributed by atoms with E-state index in [0.717, 1.165) is 63.8 Å². The Labute approximate surface area is 206 Å². The summed E-state index contributed by atoms with van der Waals surface area (Å²) in [6, 6.07) is 22.0. The molecule has 0 amide bonds. The van der Waals surface area contributed by atoms with E-state index in [1.807, 2.05) is 48.7 Å². The predicted octanol–water partition coefficient (Wildman–Crippen LogP) is 7.20. The molecular formula is C30H30N2O3. The lowest BCUT2D eigenvalue weighted by molar-refractivity contribution is -0.128. The number of carbonyl (C=O) groups excluding carboxylic acids is 1. The quantitative estimate of drug-likeness (QED) is 0.0882. The monoisotopic (exact) mass is 466 g/mol. The average Bonchev–Trinajstić information content (AvgIpc) is 3.36. The summed E-state index contributed by atoms with van der Waals surface area (Å²) in [4.78, 5) is 12.1. The number of aromatic amines is 1. The van der Waals surface area contributed by atoms with Gasteiger partial charge in [0.05, 0.1) is 18.3 Å². The highest BCUT2D eigenvalue weighted by atomic mass is 16.5. The molecule has 35 heavy (non-hydrogen) atoms. The van der Waals surface area contributed by atoms with Crippen LogP contribution in [0.1, 0.15) is 49.8 Å². The van der Waals surface area contributed by atoms with E-state index in [1.54, 1.807) is 0 Å². The van der Waals surface area contributed by atoms with E-state index >= 15 is 0 Å². The van der Waals surface area contributed by atoms with Gasteiger partial charge in [0.1, 0.15) is 11.5 Å². The predicted molar refractivity (Wildman–Crippen MR) is 141 cm³/mol. The second-order valence-corrected chi connectivity index (χ2v) is 8.23. The lowest BCUT2D eigenvalue weighted by atomic mass is 9.87. The van der Waals surface area contributed by atoms with Crippen LogP contribution in [-0.4, -0.2) is 22.8 Å². The number of ether oxygens (including phenoxy) is 2. The normalized spacial score (nSPS) is 11.7. The summed E-state index contributed by atoms with van der Waals surface area (Å²) >= 11 is 0. The third kappa shape index (κ3) is 5.52. The summed E-state index contributed by atoms with van der Waals surface area (Å²) in [5, 5.41) is 8.19. The topological polar surface area (TPSA) is 64.2 Å². The number of esters is 1. The fourth-order valence-corrected chi connectivity index (χ4v) is 4.11. The van der Waals surface area contributed by atoms with Gasteiger partial charge in [-0.15, -0.1) is 0 Å². The second kappa shape index (κ2) is 11.3. The number of nitrogens with one attached hydrogen (secondary N) is 1. The van der Waals surface area contributed by atoms with Crippen LogP contribution in [0.3, 0.4) is 0 Å². The third-order valence-electron chi connectivity index (χ3n) is 5.89. The number of carbonyl (C=O) groups is 1. The first kappa shape index (κ1) is 24.0. The highest BCUT2D eigenvalue weighted by Crippen LogP contribution is 2.39. The molecule has 5 nitrogen and oxygen atoms in total. The summed E-state index contributed by atoms with van der Waals surface area (Å²) in [6.07, 6.45) is 5.89. The van der Waals surface area contributed by atoms with Crippen LogP contribution in [-0.2, 0) is 4.79 Å². The molecule has 0 aliphatic rings. The summed E-state index contributed by atoms with van der Waals surface area (Å²) < 4.78 is 11.5. The van der Waals surface area contributed by atoms with Crippen molar-refractivity contribution in [3.8, 4) is 11.5 Å². The van der Waals surface area contributed by atoms with Crippen molar-refractivity contribution >= 4 is 28.0 Å². The molecule has 0 fully saturated rings. The van der Waals surface area contributed by atoms with Crippen LogP contribution in [0, 0.1) is 0 Å². The zero-order valence-corrected chi connectivity index (χ0v) is 20.2. The average molecular weight is 467 g/mol. The van der Waals surface area contributed by atoms with Crippen molar-refractivity contribution < 1.29 is 14.3 Å². The van der Waals surface area contributed by atoms with Crippen molar-refractivity contribution in [1.29, 1.82) is 0 Å². The van der Waals surface area contributed by atoms with Crippen LogP contribution in [0.15, 0.2) is 85.6 Å². The Bertz CT molecular complexity index is 1350. The summed E-state index contributed by atoms with van der Waals surface area (Å²) in [6.45, 7) is 8.54. The van der Waals surface area contributed by atoms with Gasteiger partial charge in [-0.3, -0.25) is 5.10 Å². The number of hydrogen-bond acceptors (Lipinski definition) is 4. The molecule has 0 aliphatic heterocycles. The van der Waals surface area contributed by atoms with Crippen LogP contribution in [0.25, 0.3) is 22.0 Å². The minimum absolute atomic E-state index is 0.491. The maximum absolute atomic E-state index is 12.1. The highest BCUT2D eigenvalue weighted by molar-refractivity contribution is 6.02. The number of hydrogen-bond donors (Lipinski definition) is 1. The van der Waals surface area contributed by atoms with Gasteiger partial charge in [0, 0.05) is 17.0 Å². The zero-order valence-electron chi connectivity index (χ0n) is 20.2. The van der Waals surface area contributed by atoms with Crippen LogP contribution in [0.2, 0.25) is 0 Å². The van der Waals surface area contributed by atoms with Crippen molar-refractivity contribution in [3.05, 3.63) is 102 Å². The van der Waals surface area contributed by atoms with Crippen molar-refractivity contribution in [2.45, 2.75) is 33.1 Å². The number of allylic oxidation sites excluding steroid dienone is 1. The minimum Gasteiger partial charge on any atom is -0.494 e. The molecule has 0 radical (unpaired) electrons. The number of unbranched alkanes of at least 4 members (excludes halogenated alkanes) is 1. The fraction of sp³-hybridized carbons (Fsp3) is 0.200. The smallest absolute Gasteiger partial charge is 0.335 e. The Morgan fingerprint density at radius 2 is 1.80 bits per heavy atom. The molecule has 0 spiro atoms. The first-order valence-electron chi connectivity index (χ1n) is 12.0. The summed E-state index contributed by atoms with van der Waals surface area (Å²) in [5.41, 5.74) is 6.04. The van der Waals surface area contributed by atoms with Crippen LogP contribution >= 0.6 is 0 Å². The molecule has 1 heterocycles. The molecular weight excluding hydrogens is 436 g/mol.